The summed E-state index contributed by atoms with van der Waals surface area (Å²) in [4.78, 5) is 12.6. The number of hydrogen-bond donors (Lipinski definition) is 1. The molecule has 1 unspecified atom stereocenters. The monoisotopic (exact) mass is 421 g/mol. The molecular weight excluding hydrogens is 404 g/mol. The van der Waals surface area contributed by atoms with Gasteiger partial charge in [0.2, 0.25) is 11.1 Å². The second kappa shape index (κ2) is 9.32. The van der Waals surface area contributed by atoms with Crippen molar-refractivity contribution in [3.63, 3.8) is 0 Å². The molecule has 8 nitrogen and oxygen atoms in total. The molecule has 0 spiro atoms. The summed E-state index contributed by atoms with van der Waals surface area (Å²) in [5.41, 5.74) is 0.764. The van der Waals surface area contributed by atoms with Crippen molar-refractivity contribution in [3.8, 4) is 17.2 Å². The van der Waals surface area contributed by atoms with Crippen LogP contribution < -0.4 is 14.8 Å². The Morgan fingerprint density at radius 2 is 1.83 bits per heavy atom. The minimum Gasteiger partial charge on any atom is -0.494 e. The number of carbonyl (C=O) groups excluding carboxylic acids is 1. The van der Waals surface area contributed by atoms with E-state index in [1.807, 2.05) is 12.1 Å². The Kier molecular flexibility index (Phi) is 6.60. The number of benzene rings is 2. The van der Waals surface area contributed by atoms with Crippen molar-refractivity contribution in [1.29, 1.82) is 0 Å². The van der Waals surface area contributed by atoms with E-state index in [1.165, 1.54) is 30.0 Å². The maximum Gasteiger partial charge on any atom is 0.387 e. The molecule has 1 atom stereocenters. The number of tetrazole rings is 1. The fraction of sp³-hybridized carbons (Fsp3) is 0.222. The van der Waals surface area contributed by atoms with Crippen molar-refractivity contribution >= 4 is 23.4 Å². The lowest BCUT2D eigenvalue weighted by molar-refractivity contribution is -0.115. The van der Waals surface area contributed by atoms with Crippen LogP contribution in [0, 0.1) is 0 Å². The van der Waals surface area contributed by atoms with E-state index in [0.29, 0.717) is 16.6 Å². The van der Waals surface area contributed by atoms with Crippen molar-refractivity contribution in [2.45, 2.75) is 23.9 Å². The lowest BCUT2D eigenvalue weighted by atomic mass is 10.3. The highest BCUT2D eigenvalue weighted by molar-refractivity contribution is 8.00. The average molecular weight is 421 g/mol. The van der Waals surface area contributed by atoms with E-state index >= 15 is 0 Å². The molecule has 0 saturated carbocycles. The van der Waals surface area contributed by atoms with E-state index < -0.39 is 17.8 Å². The number of para-hydroxylation sites is 4. The first-order chi connectivity index (χ1) is 14.0. The maximum absolute atomic E-state index is 12.6. The molecule has 11 heteroatoms. The quantitative estimate of drug-likeness (QED) is 0.558. The zero-order valence-electron chi connectivity index (χ0n) is 15.5. The fourth-order valence-electron chi connectivity index (χ4n) is 2.42. The summed E-state index contributed by atoms with van der Waals surface area (Å²) < 4.78 is 36.3. The zero-order chi connectivity index (χ0) is 20.8. The van der Waals surface area contributed by atoms with E-state index in [9.17, 15) is 13.6 Å². The zero-order valence-corrected chi connectivity index (χ0v) is 16.3. The SMILES string of the molecule is COc1ccccc1-n1nnnc1SC(C)C(=O)Nc1ccccc1OC(F)F. The van der Waals surface area contributed by atoms with Gasteiger partial charge in [-0.25, -0.2) is 0 Å². The largest absolute Gasteiger partial charge is 0.494 e. The summed E-state index contributed by atoms with van der Waals surface area (Å²) in [6.45, 7) is -1.34. The molecule has 1 aromatic heterocycles. The van der Waals surface area contributed by atoms with Crippen molar-refractivity contribution in [1.82, 2.24) is 20.2 Å². The summed E-state index contributed by atoms with van der Waals surface area (Å²) >= 11 is 1.11. The van der Waals surface area contributed by atoms with Gasteiger partial charge in [-0.3, -0.25) is 4.79 Å². The highest BCUT2D eigenvalue weighted by Crippen LogP contribution is 2.30. The second-order valence-electron chi connectivity index (χ2n) is 5.67. The van der Waals surface area contributed by atoms with Gasteiger partial charge in [0.05, 0.1) is 18.0 Å². The minimum absolute atomic E-state index is 0.119. The topological polar surface area (TPSA) is 91.2 Å². The molecule has 0 fully saturated rings. The first-order valence-electron chi connectivity index (χ1n) is 8.42. The summed E-state index contributed by atoms with van der Waals surface area (Å²) in [6.07, 6.45) is 0. The molecule has 0 saturated heterocycles. The number of aromatic nitrogens is 4. The van der Waals surface area contributed by atoms with Gasteiger partial charge >= 0.3 is 6.61 Å². The predicted molar refractivity (Wildman–Crippen MR) is 103 cm³/mol. The summed E-state index contributed by atoms with van der Waals surface area (Å²) in [6, 6.07) is 13.1. The Hall–Kier alpha value is -3.21. The van der Waals surface area contributed by atoms with Gasteiger partial charge in [0.1, 0.15) is 17.2 Å². The van der Waals surface area contributed by atoms with E-state index in [4.69, 9.17) is 4.74 Å². The molecule has 0 aliphatic carbocycles. The smallest absolute Gasteiger partial charge is 0.387 e. The number of halogens is 2. The highest BCUT2D eigenvalue weighted by Gasteiger charge is 2.22. The third kappa shape index (κ3) is 4.99. The molecule has 1 amide bonds. The van der Waals surface area contributed by atoms with Gasteiger partial charge in [-0.2, -0.15) is 13.5 Å². The summed E-state index contributed by atoms with van der Waals surface area (Å²) in [7, 11) is 1.53. The van der Waals surface area contributed by atoms with Crippen molar-refractivity contribution in [2.24, 2.45) is 0 Å². The van der Waals surface area contributed by atoms with Gasteiger partial charge in [-0.1, -0.05) is 36.0 Å². The fourth-order valence-corrected chi connectivity index (χ4v) is 3.22. The van der Waals surface area contributed by atoms with Crippen LogP contribution in [0.4, 0.5) is 14.5 Å². The number of ether oxygens (including phenoxy) is 2. The molecular formula is C18H17F2N5O3S. The molecule has 152 valence electrons. The van der Waals surface area contributed by atoms with E-state index in [-0.39, 0.29) is 11.4 Å². The Bertz CT molecular complexity index is 985. The minimum atomic E-state index is -3.00. The molecule has 3 rings (SSSR count). The van der Waals surface area contributed by atoms with Gasteiger partial charge < -0.3 is 14.8 Å². The van der Waals surface area contributed by atoms with E-state index in [0.717, 1.165) is 11.8 Å². The Labute approximate surface area is 169 Å². The standard InChI is InChI=1S/C18H17F2N5O3S/c1-11(16(26)21-12-7-3-5-9-14(12)28-17(19)20)29-18-22-23-24-25(18)13-8-4-6-10-15(13)27-2/h3-11,17H,1-2H3,(H,21,26). The van der Waals surface area contributed by atoms with Crippen LogP contribution in [0.1, 0.15) is 6.92 Å². The number of nitrogens with one attached hydrogen (secondary N) is 1. The number of methoxy groups -OCH3 is 1. The first-order valence-corrected chi connectivity index (χ1v) is 9.30. The number of anilines is 1. The first kappa shape index (κ1) is 20.5. The van der Waals surface area contributed by atoms with Crippen LogP contribution in [0.25, 0.3) is 5.69 Å². The molecule has 0 aliphatic rings. The molecule has 0 bridgehead atoms. The highest BCUT2D eigenvalue weighted by atomic mass is 32.2. The van der Waals surface area contributed by atoms with Crippen LogP contribution in [0.5, 0.6) is 11.5 Å². The number of rotatable bonds is 8. The van der Waals surface area contributed by atoms with Crippen LogP contribution in [-0.4, -0.2) is 45.1 Å². The summed E-state index contributed by atoms with van der Waals surface area (Å²) in [5, 5.41) is 13.9. The Balaban J connectivity index is 1.75. The van der Waals surface area contributed by atoms with Crippen LogP contribution in [0.15, 0.2) is 53.7 Å². The van der Waals surface area contributed by atoms with Crippen molar-refractivity contribution < 1.29 is 23.0 Å². The normalized spacial score (nSPS) is 11.9. The third-order valence-corrected chi connectivity index (χ3v) is 4.80. The average Bonchev–Trinajstić information content (AvgIpc) is 3.16. The predicted octanol–water partition coefficient (Wildman–Crippen LogP) is 3.39. The Morgan fingerprint density at radius 3 is 2.55 bits per heavy atom. The van der Waals surface area contributed by atoms with Crippen LogP contribution in [-0.2, 0) is 4.79 Å². The number of carbonyl (C=O) groups is 1. The molecule has 0 radical (unpaired) electrons. The maximum atomic E-state index is 12.6. The molecule has 0 aliphatic heterocycles. The van der Waals surface area contributed by atoms with Gasteiger partial charge in [0.15, 0.2) is 0 Å². The van der Waals surface area contributed by atoms with E-state index in [2.05, 4.69) is 25.6 Å². The van der Waals surface area contributed by atoms with Gasteiger partial charge in [0, 0.05) is 0 Å². The summed E-state index contributed by atoms with van der Waals surface area (Å²) in [5.74, 6) is 0.0265. The van der Waals surface area contributed by atoms with Gasteiger partial charge in [0.25, 0.3) is 0 Å². The number of alkyl halides is 2. The van der Waals surface area contributed by atoms with Crippen LogP contribution in [0.3, 0.4) is 0 Å². The molecule has 3 aromatic rings. The van der Waals surface area contributed by atoms with Crippen molar-refractivity contribution in [3.05, 3.63) is 48.5 Å². The molecule has 2 aromatic carbocycles. The molecule has 1 N–H and O–H groups in total. The van der Waals surface area contributed by atoms with Crippen LogP contribution >= 0.6 is 11.8 Å². The lowest BCUT2D eigenvalue weighted by Gasteiger charge is -2.15. The van der Waals surface area contributed by atoms with Crippen molar-refractivity contribution in [2.75, 3.05) is 12.4 Å². The second-order valence-corrected chi connectivity index (χ2v) is 6.98. The number of amides is 1. The molecule has 29 heavy (non-hydrogen) atoms. The third-order valence-electron chi connectivity index (χ3n) is 3.77. The number of nitrogens with zero attached hydrogens (tertiary/aromatic N) is 4. The lowest BCUT2D eigenvalue weighted by Crippen LogP contribution is -2.23. The molecule has 1 heterocycles. The van der Waals surface area contributed by atoms with Crippen LogP contribution in [0.2, 0.25) is 0 Å². The van der Waals surface area contributed by atoms with Gasteiger partial charge in [-0.05, 0) is 41.6 Å². The number of thioether (sulfide) groups is 1. The number of hydrogen-bond acceptors (Lipinski definition) is 7. The van der Waals surface area contributed by atoms with Gasteiger partial charge in [-0.15, -0.1) is 5.10 Å². The van der Waals surface area contributed by atoms with E-state index in [1.54, 1.807) is 25.1 Å². The Morgan fingerprint density at radius 1 is 1.14 bits per heavy atom.